The van der Waals surface area contributed by atoms with E-state index < -0.39 is 46.7 Å². The van der Waals surface area contributed by atoms with Crippen LogP contribution in [0.3, 0.4) is 0 Å². The topological polar surface area (TPSA) is 110 Å². The number of carbonyl (C=O) groups excluding carboxylic acids is 2. The van der Waals surface area contributed by atoms with Crippen molar-refractivity contribution in [3.63, 3.8) is 0 Å². The van der Waals surface area contributed by atoms with E-state index in [1.807, 2.05) is 0 Å². The summed E-state index contributed by atoms with van der Waals surface area (Å²) in [5.41, 5.74) is 9.31. The fourth-order valence-corrected chi connectivity index (χ4v) is 5.10. The maximum absolute atomic E-state index is 14.9. The third kappa shape index (κ3) is 7.25. The number of nitrogen functional groups attached to an aromatic ring is 2. The van der Waals surface area contributed by atoms with Gasteiger partial charge in [0.25, 0.3) is 11.8 Å². The van der Waals surface area contributed by atoms with Crippen molar-refractivity contribution in [2.45, 2.75) is 19.3 Å². The number of nitrogens with one attached hydrogen (secondary N) is 2. The summed E-state index contributed by atoms with van der Waals surface area (Å²) in [4.78, 5) is 25.6. The van der Waals surface area contributed by atoms with Crippen LogP contribution in [0.15, 0.2) is 97.1 Å². The summed E-state index contributed by atoms with van der Waals surface area (Å²) in [5, 5.41) is 4.86. The summed E-state index contributed by atoms with van der Waals surface area (Å²) in [5.74, 6) is -2.49. The maximum atomic E-state index is 14.9. The molecule has 2 amide bonds. The van der Waals surface area contributed by atoms with Crippen LogP contribution < -0.4 is 22.1 Å². The average Bonchev–Trinajstić information content (AvgIpc) is 3.01. The van der Waals surface area contributed by atoms with E-state index in [-0.39, 0.29) is 39.3 Å². The molecular formula is C35H25F7N4O2. The third-order valence-electron chi connectivity index (χ3n) is 7.40. The van der Waals surface area contributed by atoms with E-state index in [9.17, 15) is 40.3 Å². The van der Waals surface area contributed by atoms with Crippen LogP contribution in [0.25, 0.3) is 22.3 Å². The van der Waals surface area contributed by atoms with Gasteiger partial charge in [-0.1, -0.05) is 18.2 Å². The van der Waals surface area contributed by atoms with Crippen molar-refractivity contribution < 1.29 is 40.3 Å². The molecule has 0 saturated heterocycles. The molecule has 0 atom stereocenters. The molecule has 48 heavy (non-hydrogen) atoms. The molecule has 5 aromatic carbocycles. The highest BCUT2D eigenvalue weighted by atomic mass is 19.4. The molecule has 0 bridgehead atoms. The molecule has 6 N–H and O–H groups in total. The van der Waals surface area contributed by atoms with E-state index >= 15 is 0 Å². The molecule has 0 aliphatic heterocycles. The number of alkyl halides is 6. The minimum Gasteiger partial charge on any atom is -0.399 e. The highest BCUT2D eigenvalue weighted by Gasteiger charge is 2.35. The first-order chi connectivity index (χ1) is 22.5. The first-order valence-electron chi connectivity index (χ1n) is 14.1. The predicted molar refractivity (Wildman–Crippen MR) is 170 cm³/mol. The average molecular weight is 667 g/mol. The second kappa shape index (κ2) is 12.7. The van der Waals surface area contributed by atoms with E-state index in [2.05, 4.69) is 10.6 Å². The molecule has 0 spiro atoms. The molecule has 0 saturated carbocycles. The Morgan fingerprint density at radius 1 is 0.542 bits per heavy atom. The van der Waals surface area contributed by atoms with E-state index in [4.69, 9.17) is 11.5 Å². The maximum Gasteiger partial charge on any atom is 0.417 e. The quantitative estimate of drug-likeness (QED) is 0.107. The lowest BCUT2D eigenvalue weighted by atomic mass is 9.94. The number of benzene rings is 5. The highest BCUT2D eigenvalue weighted by molar-refractivity contribution is 6.07. The SMILES string of the molecule is Cc1cc(N)ccc1-c1ccc(NC(=O)c2ccc(C(=O)Nc3ccc(-c4ccc(N)cc4C(F)(F)F)c(F)c3)cc2)cc1C(F)(F)F. The van der Waals surface area contributed by atoms with Gasteiger partial charge >= 0.3 is 12.4 Å². The molecule has 0 fully saturated rings. The zero-order chi connectivity index (χ0) is 35.0. The fourth-order valence-electron chi connectivity index (χ4n) is 5.10. The predicted octanol–water partition coefficient (Wildman–Crippen LogP) is 9.17. The number of nitrogens with two attached hydrogens (primary N) is 2. The van der Waals surface area contributed by atoms with Crippen LogP contribution in [0.4, 0.5) is 53.5 Å². The fraction of sp³-hybridized carbons (Fsp3) is 0.0857. The normalized spacial score (nSPS) is 11.7. The molecule has 5 rings (SSSR count). The van der Waals surface area contributed by atoms with E-state index in [0.717, 1.165) is 24.3 Å². The van der Waals surface area contributed by atoms with Crippen LogP contribution in [0.2, 0.25) is 0 Å². The molecule has 13 heteroatoms. The van der Waals surface area contributed by atoms with Crippen LogP contribution in [0, 0.1) is 12.7 Å². The van der Waals surface area contributed by atoms with E-state index in [0.29, 0.717) is 22.9 Å². The van der Waals surface area contributed by atoms with Gasteiger partial charge in [-0.25, -0.2) is 4.39 Å². The number of amides is 2. The van der Waals surface area contributed by atoms with Crippen LogP contribution >= 0.6 is 0 Å². The molecule has 5 aromatic rings. The number of anilines is 4. The van der Waals surface area contributed by atoms with Gasteiger partial charge in [0.2, 0.25) is 0 Å². The standard InChI is InChI=1S/C35H25F7N4O2/c1-18-14-21(43)6-10-25(18)26-12-8-23(16-30(26)35(40,41)42)45-32(47)19-2-4-20(5-3-19)33(48)46-24-9-13-28(31(36)17-24)27-11-7-22(44)15-29(27)34(37,38)39/h2-17H,43-44H2,1H3,(H,45,47)(H,46,48). The Kier molecular flexibility index (Phi) is 8.90. The van der Waals surface area contributed by atoms with Crippen molar-refractivity contribution >= 4 is 34.6 Å². The van der Waals surface area contributed by atoms with E-state index in [1.54, 1.807) is 13.0 Å². The zero-order valence-electron chi connectivity index (χ0n) is 24.9. The summed E-state index contributed by atoms with van der Waals surface area (Å²) < 4.78 is 97.6. The van der Waals surface area contributed by atoms with Crippen molar-refractivity contribution in [1.29, 1.82) is 0 Å². The Bertz CT molecular complexity index is 2040. The van der Waals surface area contributed by atoms with E-state index in [1.165, 1.54) is 60.7 Å². The number of hydrogen-bond acceptors (Lipinski definition) is 4. The van der Waals surface area contributed by atoms with Crippen molar-refractivity contribution in [3.05, 3.63) is 131 Å². The van der Waals surface area contributed by atoms with Crippen LogP contribution in [0.1, 0.15) is 37.4 Å². The Hall–Kier alpha value is -5.85. The lowest BCUT2D eigenvalue weighted by Crippen LogP contribution is -2.15. The molecular weight excluding hydrogens is 641 g/mol. The molecule has 0 aromatic heterocycles. The molecule has 0 unspecified atom stereocenters. The van der Waals surface area contributed by atoms with Crippen molar-refractivity contribution in [2.75, 3.05) is 22.1 Å². The summed E-state index contributed by atoms with van der Waals surface area (Å²) in [7, 11) is 0. The molecule has 0 aliphatic carbocycles. The highest BCUT2D eigenvalue weighted by Crippen LogP contribution is 2.41. The van der Waals surface area contributed by atoms with Gasteiger partial charge in [-0.3, -0.25) is 9.59 Å². The summed E-state index contributed by atoms with van der Waals surface area (Å²) in [6.07, 6.45) is -9.52. The van der Waals surface area contributed by atoms with Gasteiger partial charge in [0.05, 0.1) is 11.1 Å². The Morgan fingerprint density at radius 2 is 0.958 bits per heavy atom. The van der Waals surface area contributed by atoms with Gasteiger partial charge in [-0.15, -0.1) is 0 Å². The second-order valence-corrected chi connectivity index (χ2v) is 10.8. The monoisotopic (exact) mass is 666 g/mol. The van der Waals surface area contributed by atoms with Crippen molar-refractivity contribution in [2.24, 2.45) is 0 Å². The van der Waals surface area contributed by atoms with Crippen LogP contribution in [0.5, 0.6) is 0 Å². The molecule has 246 valence electrons. The summed E-state index contributed by atoms with van der Waals surface area (Å²) >= 11 is 0. The first-order valence-corrected chi connectivity index (χ1v) is 14.1. The summed E-state index contributed by atoms with van der Waals surface area (Å²) in [6.45, 7) is 1.64. The van der Waals surface area contributed by atoms with Gasteiger partial charge in [0.15, 0.2) is 0 Å². The molecule has 0 aliphatic rings. The lowest BCUT2D eigenvalue weighted by molar-refractivity contribution is -0.137. The summed E-state index contributed by atoms with van der Waals surface area (Å²) in [6, 6.07) is 19.2. The number of rotatable bonds is 6. The number of aryl methyl sites for hydroxylation is 1. The Balaban J connectivity index is 1.30. The van der Waals surface area contributed by atoms with Gasteiger partial charge < -0.3 is 22.1 Å². The minimum atomic E-state index is -4.79. The Labute approximate surface area is 269 Å². The molecule has 0 radical (unpaired) electrons. The number of hydrogen-bond donors (Lipinski definition) is 4. The van der Waals surface area contributed by atoms with Crippen LogP contribution in [-0.4, -0.2) is 11.8 Å². The molecule has 0 heterocycles. The van der Waals surface area contributed by atoms with Crippen molar-refractivity contribution in [3.8, 4) is 22.3 Å². The third-order valence-corrected chi connectivity index (χ3v) is 7.40. The minimum absolute atomic E-state index is 0.0259. The van der Waals surface area contributed by atoms with Gasteiger partial charge in [-0.05, 0) is 108 Å². The van der Waals surface area contributed by atoms with Crippen molar-refractivity contribution in [1.82, 2.24) is 0 Å². The molecule has 6 nitrogen and oxygen atoms in total. The van der Waals surface area contributed by atoms with Gasteiger partial charge in [0, 0.05) is 39.4 Å². The van der Waals surface area contributed by atoms with Crippen LogP contribution in [-0.2, 0) is 12.4 Å². The Morgan fingerprint density at radius 3 is 1.46 bits per heavy atom. The first kappa shape index (κ1) is 33.5. The number of carbonyl (C=O) groups is 2. The largest absolute Gasteiger partial charge is 0.417 e. The number of halogens is 7. The lowest BCUT2D eigenvalue weighted by Gasteiger charge is -2.17. The zero-order valence-corrected chi connectivity index (χ0v) is 24.9. The van der Waals surface area contributed by atoms with Gasteiger partial charge in [-0.2, -0.15) is 26.3 Å². The second-order valence-electron chi connectivity index (χ2n) is 10.8. The van der Waals surface area contributed by atoms with Gasteiger partial charge in [0.1, 0.15) is 5.82 Å². The smallest absolute Gasteiger partial charge is 0.399 e.